The molecule has 0 saturated carbocycles. The van der Waals surface area contributed by atoms with Gasteiger partial charge in [0.1, 0.15) is 0 Å². The minimum Gasteiger partial charge on any atom is -0.352 e. The molecule has 1 aliphatic rings. The Balaban J connectivity index is 1.92. The largest absolute Gasteiger partial charge is 0.352 e. The second-order valence-corrected chi connectivity index (χ2v) is 9.58. The molecule has 1 atom stereocenters. The zero-order chi connectivity index (χ0) is 20.7. The van der Waals surface area contributed by atoms with Crippen LogP contribution < -0.4 is 5.32 Å². The molecule has 158 valence electrons. The Labute approximate surface area is 170 Å². The molecule has 1 N–H and O–H groups in total. The minimum atomic E-state index is -3.48. The predicted octanol–water partition coefficient (Wildman–Crippen LogP) is 2.81. The summed E-state index contributed by atoms with van der Waals surface area (Å²) in [5, 5.41) is 3.04. The van der Waals surface area contributed by atoms with Gasteiger partial charge in [-0.1, -0.05) is 39.8 Å². The maximum Gasteiger partial charge on any atom is 0.243 e. The number of hydrogen-bond acceptors (Lipinski definition) is 4. The molecule has 1 aliphatic heterocycles. The molecule has 1 heterocycles. The normalized spacial score (nSPS) is 17.6. The van der Waals surface area contributed by atoms with Crippen molar-refractivity contribution in [3.05, 3.63) is 29.8 Å². The van der Waals surface area contributed by atoms with Crippen LogP contribution in [-0.4, -0.2) is 62.3 Å². The van der Waals surface area contributed by atoms with E-state index >= 15 is 0 Å². The molecule has 0 bridgehead atoms. The van der Waals surface area contributed by atoms with E-state index in [9.17, 15) is 13.2 Å². The summed E-state index contributed by atoms with van der Waals surface area (Å²) in [4.78, 5) is 14.5. The van der Waals surface area contributed by atoms with Gasteiger partial charge >= 0.3 is 0 Å². The Morgan fingerprint density at radius 2 is 1.57 bits per heavy atom. The first-order chi connectivity index (χ1) is 13.3. The molecule has 2 rings (SSSR count). The van der Waals surface area contributed by atoms with E-state index in [1.807, 2.05) is 17.0 Å². The van der Waals surface area contributed by atoms with Gasteiger partial charge in [-0.3, -0.25) is 9.69 Å². The van der Waals surface area contributed by atoms with Gasteiger partial charge < -0.3 is 5.32 Å². The van der Waals surface area contributed by atoms with Crippen LogP contribution in [-0.2, 0) is 14.8 Å². The first-order valence-corrected chi connectivity index (χ1v) is 11.9. The lowest BCUT2D eigenvalue weighted by Gasteiger charge is -2.33. The highest BCUT2D eigenvalue weighted by molar-refractivity contribution is 7.89. The van der Waals surface area contributed by atoms with Gasteiger partial charge in [-0.2, -0.15) is 4.31 Å². The van der Waals surface area contributed by atoms with E-state index in [1.54, 1.807) is 12.1 Å². The van der Waals surface area contributed by atoms with Crippen LogP contribution in [0.5, 0.6) is 0 Å². The number of rotatable bonds is 9. The lowest BCUT2D eigenvalue weighted by atomic mass is 9.99. The summed E-state index contributed by atoms with van der Waals surface area (Å²) in [5.74, 6) is 0.442. The van der Waals surface area contributed by atoms with Crippen molar-refractivity contribution in [3.63, 3.8) is 0 Å². The summed E-state index contributed by atoms with van der Waals surface area (Å²) in [6.07, 6.45) is 2.87. The van der Waals surface area contributed by atoms with Gasteiger partial charge in [0.25, 0.3) is 0 Å². The Hall–Kier alpha value is -1.44. The van der Waals surface area contributed by atoms with Gasteiger partial charge in [0, 0.05) is 32.2 Å². The van der Waals surface area contributed by atoms with E-state index < -0.39 is 10.0 Å². The number of carbonyl (C=O) groups is 1. The zero-order valence-electron chi connectivity index (χ0n) is 17.6. The first-order valence-electron chi connectivity index (χ1n) is 10.4. The topological polar surface area (TPSA) is 69.7 Å². The third-order valence-corrected chi connectivity index (χ3v) is 7.66. The maximum atomic E-state index is 12.9. The molecule has 1 amide bonds. The molecule has 1 aromatic carbocycles. The molecule has 0 unspecified atom stereocenters. The number of piperazine rings is 1. The van der Waals surface area contributed by atoms with Crippen LogP contribution in [0, 0.1) is 0 Å². The van der Waals surface area contributed by atoms with Crippen LogP contribution in [0.15, 0.2) is 29.2 Å². The van der Waals surface area contributed by atoms with E-state index in [0.717, 1.165) is 24.8 Å². The van der Waals surface area contributed by atoms with Gasteiger partial charge in [0.05, 0.1) is 11.4 Å². The number of amides is 1. The molecule has 1 saturated heterocycles. The number of nitrogens with one attached hydrogen (secondary N) is 1. The number of hydrogen-bond donors (Lipinski definition) is 1. The second-order valence-electron chi connectivity index (χ2n) is 7.64. The highest BCUT2D eigenvalue weighted by atomic mass is 32.2. The quantitative estimate of drug-likeness (QED) is 0.681. The summed E-state index contributed by atoms with van der Waals surface area (Å²) >= 11 is 0. The summed E-state index contributed by atoms with van der Waals surface area (Å²) < 4.78 is 27.4. The lowest BCUT2D eigenvalue weighted by Crippen LogP contribution is -2.51. The van der Waals surface area contributed by atoms with Crippen molar-refractivity contribution in [2.75, 3.05) is 32.7 Å². The summed E-state index contributed by atoms with van der Waals surface area (Å²) in [6.45, 7) is 10.7. The van der Waals surface area contributed by atoms with Gasteiger partial charge in [-0.15, -0.1) is 0 Å². The van der Waals surface area contributed by atoms with E-state index in [2.05, 4.69) is 33.0 Å². The summed E-state index contributed by atoms with van der Waals surface area (Å²) in [7, 11) is -3.48. The summed E-state index contributed by atoms with van der Waals surface area (Å²) in [5.41, 5.74) is 1.16. The third-order valence-electron chi connectivity index (χ3n) is 5.75. The van der Waals surface area contributed by atoms with Crippen molar-refractivity contribution in [2.45, 2.75) is 63.8 Å². The van der Waals surface area contributed by atoms with Crippen LogP contribution in [0.25, 0.3) is 0 Å². The van der Waals surface area contributed by atoms with Gasteiger partial charge in [0.15, 0.2) is 0 Å². The van der Waals surface area contributed by atoms with Crippen LogP contribution in [0.2, 0.25) is 0 Å². The van der Waals surface area contributed by atoms with Gasteiger partial charge in [-0.25, -0.2) is 8.42 Å². The molecule has 7 heteroatoms. The first kappa shape index (κ1) is 22.8. The third kappa shape index (κ3) is 5.78. The molecular formula is C21H35N3O3S. The zero-order valence-corrected chi connectivity index (χ0v) is 18.5. The van der Waals surface area contributed by atoms with Gasteiger partial charge in [-0.05, 0) is 42.9 Å². The highest BCUT2D eigenvalue weighted by Crippen LogP contribution is 2.23. The van der Waals surface area contributed by atoms with Crippen LogP contribution >= 0.6 is 0 Å². The predicted molar refractivity (Wildman–Crippen MR) is 113 cm³/mol. The van der Waals surface area contributed by atoms with Crippen molar-refractivity contribution in [1.29, 1.82) is 0 Å². The molecule has 0 aromatic heterocycles. The molecule has 0 aliphatic carbocycles. The molecule has 1 fully saturated rings. The standard InChI is InChI=1S/C21H35N3O3S/c1-5-17(4)18-8-10-20(11-9-18)28(26,27)24-14-12-23(13-15-24)16-21(25)22-19(6-2)7-3/h8-11,17,19H,5-7,12-16H2,1-4H3,(H,22,25)/t17-/m1/s1. The number of sulfonamides is 1. The molecule has 0 spiro atoms. The smallest absolute Gasteiger partial charge is 0.243 e. The number of benzene rings is 1. The second kappa shape index (κ2) is 10.4. The van der Waals surface area contributed by atoms with E-state index in [1.165, 1.54) is 4.31 Å². The van der Waals surface area contributed by atoms with Crippen LogP contribution in [0.1, 0.15) is 58.4 Å². The fourth-order valence-corrected chi connectivity index (χ4v) is 4.87. The number of carbonyl (C=O) groups excluding carboxylic acids is 1. The highest BCUT2D eigenvalue weighted by Gasteiger charge is 2.29. The maximum absolute atomic E-state index is 12.9. The molecular weight excluding hydrogens is 374 g/mol. The Morgan fingerprint density at radius 3 is 2.07 bits per heavy atom. The Kier molecular flexibility index (Phi) is 8.46. The fraction of sp³-hybridized carbons (Fsp3) is 0.667. The monoisotopic (exact) mass is 409 g/mol. The van der Waals surface area contributed by atoms with Crippen LogP contribution in [0.3, 0.4) is 0 Å². The van der Waals surface area contributed by atoms with Gasteiger partial charge in [0.2, 0.25) is 15.9 Å². The minimum absolute atomic E-state index is 0.0191. The van der Waals surface area contributed by atoms with Crippen molar-refractivity contribution in [1.82, 2.24) is 14.5 Å². The van der Waals surface area contributed by atoms with Crippen molar-refractivity contribution in [2.24, 2.45) is 0 Å². The van der Waals surface area contributed by atoms with E-state index in [0.29, 0.717) is 43.5 Å². The molecule has 6 nitrogen and oxygen atoms in total. The Morgan fingerprint density at radius 1 is 1.00 bits per heavy atom. The molecule has 28 heavy (non-hydrogen) atoms. The molecule has 1 aromatic rings. The van der Waals surface area contributed by atoms with E-state index in [-0.39, 0.29) is 11.9 Å². The summed E-state index contributed by atoms with van der Waals surface area (Å²) in [6, 6.07) is 7.48. The lowest BCUT2D eigenvalue weighted by molar-refractivity contribution is -0.123. The average Bonchev–Trinajstić information content (AvgIpc) is 2.71. The van der Waals surface area contributed by atoms with Crippen molar-refractivity contribution >= 4 is 15.9 Å². The average molecular weight is 410 g/mol. The van der Waals surface area contributed by atoms with Crippen LogP contribution in [0.4, 0.5) is 0 Å². The SMILES string of the molecule is CCC(CC)NC(=O)CN1CCN(S(=O)(=O)c2ccc([C@H](C)CC)cc2)CC1. The van der Waals surface area contributed by atoms with E-state index in [4.69, 9.17) is 0 Å². The molecule has 0 radical (unpaired) electrons. The van der Waals surface area contributed by atoms with Crippen molar-refractivity contribution < 1.29 is 13.2 Å². The fourth-order valence-electron chi connectivity index (χ4n) is 3.45. The number of nitrogens with zero attached hydrogens (tertiary/aromatic N) is 2. The van der Waals surface area contributed by atoms with Crippen molar-refractivity contribution in [3.8, 4) is 0 Å². The Bertz CT molecular complexity index is 722.